The first-order valence-corrected chi connectivity index (χ1v) is 7.34. The van der Waals surface area contributed by atoms with Crippen LogP contribution >= 0.6 is 0 Å². The van der Waals surface area contributed by atoms with Gasteiger partial charge in [-0.2, -0.15) is 0 Å². The molecule has 0 aliphatic rings. The summed E-state index contributed by atoms with van der Waals surface area (Å²) in [6.07, 6.45) is 3.68. The van der Waals surface area contributed by atoms with Gasteiger partial charge in [0.2, 0.25) is 0 Å². The maximum Gasteiger partial charge on any atom is 0.305 e. The van der Waals surface area contributed by atoms with Crippen LogP contribution in [0, 0.1) is 0 Å². The highest BCUT2D eigenvalue weighted by atomic mass is 32.2. The summed E-state index contributed by atoms with van der Waals surface area (Å²) >= 11 is -1.27. The Balaban J connectivity index is 4.92. The number of carbonyl (C=O) groups is 1. The number of carboxylic acid groups (broad SMARTS) is 1. The molecule has 0 aliphatic carbocycles. The molecule has 5 heteroatoms. The van der Waals surface area contributed by atoms with E-state index < -0.39 is 27.6 Å². The van der Waals surface area contributed by atoms with Gasteiger partial charge in [-0.05, 0) is 40.0 Å². The standard InChI is InChI=1S/C13H25NO3S/c1-6-8-9-13(7-2,10-11(15)16)14-18(17)12(3,4)5/h6,14H,1,7-10H2,2-5H3,(H,15,16). The van der Waals surface area contributed by atoms with Gasteiger partial charge in [0.1, 0.15) is 4.75 Å². The van der Waals surface area contributed by atoms with E-state index in [1.54, 1.807) is 6.08 Å². The van der Waals surface area contributed by atoms with E-state index >= 15 is 0 Å². The molecular weight excluding hydrogens is 250 g/mol. The summed E-state index contributed by atoms with van der Waals surface area (Å²) in [5.74, 6) is -0.876. The van der Waals surface area contributed by atoms with Gasteiger partial charge in [-0.3, -0.25) is 4.79 Å². The van der Waals surface area contributed by atoms with Crippen molar-refractivity contribution < 1.29 is 14.5 Å². The molecule has 0 amide bonds. The smallest absolute Gasteiger partial charge is 0.305 e. The van der Waals surface area contributed by atoms with Crippen LogP contribution in [-0.2, 0) is 16.2 Å². The van der Waals surface area contributed by atoms with E-state index in [-0.39, 0.29) is 6.42 Å². The molecular formula is C13H25NO3S. The van der Waals surface area contributed by atoms with Gasteiger partial charge in [0.05, 0.1) is 12.0 Å². The van der Waals surface area contributed by atoms with Crippen molar-refractivity contribution in [2.75, 3.05) is 0 Å². The lowest BCUT2D eigenvalue weighted by Gasteiger charge is -2.36. The van der Waals surface area contributed by atoms with Gasteiger partial charge in [-0.1, -0.05) is 13.0 Å². The minimum absolute atomic E-state index is 0.0286. The summed E-state index contributed by atoms with van der Waals surface area (Å²) in [4.78, 5) is 11.0. The van der Waals surface area contributed by atoms with Crippen molar-refractivity contribution in [1.82, 2.24) is 4.72 Å². The molecule has 0 heterocycles. The van der Waals surface area contributed by atoms with Gasteiger partial charge >= 0.3 is 5.97 Å². The minimum atomic E-state index is -1.27. The minimum Gasteiger partial charge on any atom is -0.598 e. The lowest BCUT2D eigenvalue weighted by atomic mass is 9.88. The Labute approximate surface area is 113 Å². The molecule has 2 unspecified atom stereocenters. The van der Waals surface area contributed by atoms with E-state index in [1.165, 1.54) is 0 Å². The fourth-order valence-electron chi connectivity index (χ4n) is 1.57. The van der Waals surface area contributed by atoms with E-state index in [4.69, 9.17) is 5.11 Å². The first kappa shape index (κ1) is 17.5. The average molecular weight is 275 g/mol. The van der Waals surface area contributed by atoms with E-state index in [0.29, 0.717) is 19.3 Å². The van der Waals surface area contributed by atoms with Crippen LogP contribution in [0.4, 0.5) is 0 Å². The molecule has 0 rings (SSSR count). The van der Waals surface area contributed by atoms with Gasteiger partial charge in [-0.25, -0.2) is 0 Å². The third kappa shape index (κ3) is 5.89. The number of allylic oxidation sites excluding steroid dienone is 1. The van der Waals surface area contributed by atoms with Crippen LogP contribution in [0.1, 0.15) is 53.4 Å². The molecule has 2 atom stereocenters. The quantitative estimate of drug-likeness (QED) is 0.527. The monoisotopic (exact) mass is 275 g/mol. The number of aliphatic carboxylic acids is 1. The molecule has 106 valence electrons. The van der Waals surface area contributed by atoms with E-state index in [2.05, 4.69) is 11.3 Å². The van der Waals surface area contributed by atoms with Gasteiger partial charge in [-0.15, -0.1) is 11.3 Å². The summed E-state index contributed by atoms with van der Waals surface area (Å²) in [6.45, 7) is 11.2. The second-order valence-corrected chi connectivity index (χ2v) is 7.48. The Morgan fingerprint density at radius 3 is 2.39 bits per heavy atom. The van der Waals surface area contributed by atoms with Crippen molar-refractivity contribution in [3.8, 4) is 0 Å². The van der Waals surface area contributed by atoms with Crippen LogP contribution in [0.15, 0.2) is 12.7 Å². The maximum absolute atomic E-state index is 12.2. The zero-order chi connectivity index (χ0) is 14.4. The van der Waals surface area contributed by atoms with E-state index in [0.717, 1.165) is 0 Å². The molecule has 0 aromatic heterocycles. The van der Waals surface area contributed by atoms with Crippen molar-refractivity contribution >= 4 is 17.3 Å². The Morgan fingerprint density at radius 1 is 1.50 bits per heavy atom. The predicted molar refractivity (Wildman–Crippen MR) is 75.7 cm³/mol. The molecule has 0 aromatic carbocycles. The Morgan fingerprint density at radius 2 is 2.06 bits per heavy atom. The average Bonchev–Trinajstić information content (AvgIpc) is 2.23. The molecule has 0 saturated carbocycles. The molecule has 0 saturated heterocycles. The predicted octanol–water partition coefficient (Wildman–Crippen LogP) is 2.63. The van der Waals surface area contributed by atoms with E-state index in [1.807, 2.05) is 27.7 Å². The zero-order valence-corrected chi connectivity index (χ0v) is 12.6. The fourth-order valence-corrected chi connectivity index (χ4v) is 2.59. The summed E-state index contributed by atoms with van der Waals surface area (Å²) in [5, 5.41) is 9.03. The molecule has 0 aromatic rings. The molecule has 0 radical (unpaired) electrons. The lowest BCUT2D eigenvalue weighted by Crippen LogP contribution is -2.54. The summed E-state index contributed by atoms with van der Waals surface area (Å²) in [7, 11) is 0. The first-order valence-electron chi connectivity index (χ1n) is 6.19. The largest absolute Gasteiger partial charge is 0.598 e. The van der Waals surface area contributed by atoms with Crippen molar-refractivity contribution in [2.45, 2.75) is 63.7 Å². The molecule has 0 bridgehead atoms. The van der Waals surface area contributed by atoms with Gasteiger partial charge in [0.25, 0.3) is 0 Å². The Hall–Kier alpha value is -0.520. The third-order valence-corrected chi connectivity index (χ3v) is 4.59. The van der Waals surface area contributed by atoms with Crippen LogP contribution in [0.3, 0.4) is 0 Å². The second kappa shape index (κ2) is 7.16. The highest BCUT2D eigenvalue weighted by Crippen LogP contribution is 2.26. The topological polar surface area (TPSA) is 72.4 Å². The van der Waals surface area contributed by atoms with Crippen LogP contribution in [0.5, 0.6) is 0 Å². The molecule has 0 fully saturated rings. The molecule has 18 heavy (non-hydrogen) atoms. The third-order valence-electron chi connectivity index (χ3n) is 2.86. The van der Waals surface area contributed by atoms with Crippen LogP contribution in [0.25, 0.3) is 0 Å². The number of hydrogen-bond donors (Lipinski definition) is 2. The first-order chi connectivity index (χ1) is 8.17. The zero-order valence-electron chi connectivity index (χ0n) is 11.8. The van der Waals surface area contributed by atoms with Crippen molar-refractivity contribution in [1.29, 1.82) is 0 Å². The van der Waals surface area contributed by atoms with Crippen LogP contribution in [-0.4, -0.2) is 25.9 Å². The van der Waals surface area contributed by atoms with Crippen LogP contribution in [0.2, 0.25) is 0 Å². The number of rotatable bonds is 8. The van der Waals surface area contributed by atoms with E-state index in [9.17, 15) is 9.35 Å². The van der Waals surface area contributed by atoms with Crippen molar-refractivity contribution in [2.24, 2.45) is 0 Å². The normalized spacial score (nSPS) is 16.9. The van der Waals surface area contributed by atoms with Crippen LogP contribution < -0.4 is 4.72 Å². The van der Waals surface area contributed by atoms with Crippen molar-refractivity contribution in [3.63, 3.8) is 0 Å². The second-order valence-electron chi connectivity index (χ2n) is 5.51. The Kier molecular flexibility index (Phi) is 6.96. The SMILES string of the molecule is C=CCCC(CC)(CC(=O)O)N[S+]([O-])C(C)(C)C. The summed E-state index contributed by atoms with van der Waals surface area (Å²) in [5.41, 5.74) is -0.627. The fraction of sp³-hybridized carbons (Fsp3) is 0.769. The number of carboxylic acids is 1. The lowest BCUT2D eigenvalue weighted by molar-refractivity contribution is -0.138. The van der Waals surface area contributed by atoms with Gasteiger partial charge in [0, 0.05) is 11.4 Å². The molecule has 2 N–H and O–H groups in total. The molecule has 0 aliphatic heterocycles. The van der Waals surface area contributed by atoms with Gasteiger partial charge < -0.3 is 9.66 Å². The maximum atomic E-state index is 12.2. The molecule has 0 spiro atoms. The summed E-state index contributed by atoms with van der Waals surface area (Å²) in [6, 6.07) is 0. The number of nitrogens with one attached hydrogen (secondary N) is 1. The van der Waals surface area contributed by atoms with Crippen molar-refractivity contribution in [3.05, 3.63) is 12.7 Å². The number of hydrogen-bond acceptors (Lipinski definition) is 3. The highest BCUT2D eigenvalue weighted by Gasteiger charge is 2.39. The highest BCUT2D eigenvalue weighted by molar-refractivity contribution is 7.90. The summed E-state index contributed by atoms with van der Waals surface area (Å²) < 4.78 is 14.8. The Bertz CT molecular complexity index is 288. The van der Waals surface area contributed by atoms with Gasteiger partial charge in [0.15, 0.2) is 0 Å². The molecule has 4 nitrogen and oxygen atoms in total.